The number of nitro groups is 1. The van der Waals surface area contributed by atoms with Crippen molar-refractivity contribution in [2.45, 2.75) is 18.8 Å². The number of nitrogens with zero attached hydrogens (tertiary/aromatic N) is 3. The normalized spacial score (nSPS) is 19.6. The molecule has 1 unspecified atom stereocenters. The molecular weight excluding hydrogens is 369 g/mol. The van der Waals surface area contributed by atoms with E-state index in [1.165, 1.54) is 18.2 Å². The fourth-order valence-electron chi connectivity index (χ4n) is 2.61. The van der Waals surface area contributed by atoms with Crippen LogP contribution in [0.15, 0.2) is 18.2 Å². The smallest absolute Gasteiger partial charge is 0.298 e. The predicted octanol–water partition coefficient (Wildman–Crippen LogP) is 1.96. The average Bonchev–Trinajstić information content (AvgIpc) is 3.38. The lowest BCUT2D eigenvalue weighted by Gasteiger charge is -2.24. The topological polar surface area (TPSA) is 110 Å². The molecule has 2 aliphatic rings. The Balaban J connectivity index is 1.87. The van der Waals surface area contributed by atoms with Gasteiger partial charge < -0.3 is 0 Å². The molecule has 0 aromatic heterocycles. The molecule has 0 N–H and O–H groups in total. The Labute approximate surface area is 146 Å². The lowest BCUT2D eigenvalue weighted by Crippen LogP contribution is -2.11. The molecule has 11 heteroatoms. The molecule has 9 nitrogen and oxygen atoms in total. The molecule has 0 aliphatic carbocycles. The Morgan fingerprint density at radius 2 is 1.84 bits per heavy atom. The third-order valence-corrected chi connectivity index (χ3v) is 7.70. The largest absolute Gasteiger partial charge is 0.346 e. The van der Waals surface area contributed by atoms with E-state index in [4.69, 9.17) is 4.52 Å². The first-order valence-corrected chi connectivity index (χ1v) is 11.4. The quantitative estimate of drug-likeness (QED) is 0.287. The van der Waals surface area contributed by atoms with Crippen LogP contribution in [-0.4, -0.2) is 55.1 Å². The molecule has 2 saturated heterocycles. The van der Waals surface area contributed by atoms with Crippen LogP contribution in [0.25, 0.3) is 0 Å². The summed E-state index contributed by atoms with van der Waals surface area (Å²) in [4.78, 5) is 10.5. The molecule has 0 spiro atoms. The third kappa shape index (κ3) is 4.27. The first kappa shape index (κ1) is 18.5. The van der Waals surface area contributed by atoms with Crippen molar-refractivity contribution in [3.8, 4) is 0 Å². The summed E-state index contributed by atoms with van der Waals surface area (Å²) in [6.45, 7) is 4.60. The van der Waals surface area contributed by atoms with Crippen molar-refractivity contribution in [1.29, 1.82) is 0 Å². The molecule has 138 valence electrons. The summed E-state index contributed by atoms with van der Waals surface area (Å²) in [6.07, 6.45) is 0.448. The van der Waals surface area contributed by atoms with E-state index >= 15 is 0 Å². The number of hydrogen-bond donors (Lipinski definition) is 0. The van der Waals surface area contributed by atoms with Crippen LogP contribution in [0.3, 0.4) is 0 Å². The zero-order valence-electron chi connectivity index (χ0n) is 14.0. The second-order valence-electron chi connectivity index (χ2n) is 6.36. The van der Waals surface area contributed by atoms with E-state index in [0.29, 0.717) is 5.56 Å². The minimum absolute atomic E-state index is 0.105. The Morgan fingerprint density at radius 1 is 1.28 bits per heavy atom. The average molecular weight is 389 g/mol. The van der Waals surface area contributed by atoms with Gasteiger partial charge in [-0.3, -0.25) is 19.2 Å². The predicted molar refractivity (Wildman–Crippen MR) is 91.9 cm³/mol. The zero-order chi connectivity index (χ0) is 18.4. The zero-order valence-corrected chi connectivity index (χ0v) is 15.7. The van der Waals surface area contributed by atoms with Crippen LogP contribution in [-0.2, 0) is 24.7 Å². The van der Waals surface area contributed by atoms with E-state index in [-0.39, 0.29) is 11.3 Å². The van der Waals surface area contributed by atoms with Gasteiger partial charge in [0.25, 0.3) is 5.69 Å². The first-order chi connectivity index (χ1) is 11.6. The minimum Gasteiger partial charge on any atom is -0.298 e. The lowest BCUT2D eigenvalue weighted by atomic mass is 10.1. The van der Waals surface area contributed by atoms with Gasteiger partial charge in [0.05, 0.1) is 16.8 Å². The van der Waals surface area contributed by atoms with Crippen molar-refractivity contribution in [2.75, 3.05) is 32.4 Å². The van der Waals surface area contributed by atoms with Crippen molar-refractivity contribution >= 4 is 23.2 Å². The van der Waals surface area contributed by atoms with E-state index in [1.807, 2.05) is 0 Å². The summed E-state index contributed by atoms with van der Waals surface area (Å²) in [7, 11) is -6.47. The van der Waals surface area contributed by atoms with E-state index in [2.05, 4.69) is 0 Å². The van der Waals surface area contributed by atoms with Gasteiger partial charge in [0, 0.05) is 44.1 Å². The number of rotatable bonds is 8. The highest BCUT2D eigenvalue weighted by molar-refractivity contribution is 7.89. The molecule has 2 aliphatic heterocycles. The van der Waals surface area contributed by atoms with Gasteiger partial charge in [-0.1, -0.05) is 0 Å². The van der Waals surface area contributed by atoms with E-state index in [9.17, 15) is 23.1 Å². The number of benzene rings is 1. The van der Waals surface area contributed by atoms with Gasteiger partial charge in [-0.15, -0.1) is 0 Å². The molecule has 3 rings (SSSR count). The van der Waals surface area contributed by atoms with Gasteiger partial charge in [0.1, 0.15) is 0 Å². The van der Waals surface area contributed by atoms with E-state index in [0.717, 1.165) is 32.4 Å². The van der Waals surface area contributed by atoms with Crippen molar-refractivity contribution in [3.63, 3.8) is 0 Å². The summed E-state index contributed by atoms with van der Waals surface area (Å²) in [5.74, 6) is -0.431. The van der Waals surface area contributed by atoms with Crippen LogP contribution in [0.5, 0.6) is 0 Å². The van der Waals surface area contributed by atoms with Crippen molar-refractivity contribution < 1.29 is 22.4 Å². The summed E-state index contributed by atoms with van der Waals surface area (Å²) in [5, 5.41) is 11.1. The number of sulfone groups is 1. The molecule has 25 heavy (non-hydrogen) atoms. The minimum atomic E-state index is -3.43. The number of hydrogen-bond acceptors (Lipinski definition) is 6. The van der Waals surface area contributed by atoms with Crippen LogP contribution < -0.4 is 0 Å². The maximum absolute atomic E-state index is 13.0. The van der Waals surface area contributed by atoms with Gasteiger partial charge in [-0.2, -0.15) is 0 Å². The van der Waals surface area contributed by atoms with Crippen LogP contribution in [0.1, 0.15) is 24.2 Å². The monoisotopic (exact) mass is 389 g/mol. The Bertz CT molecular complexity index is 834. The van der Waals surface area contributed by atoms with Crippen molar-refractivity contribution in [1.82, 2.24) is 9.34 Å². The first-order valence-electron chi connectivity index (χ1n) is 7.84. The highest BCUT2D eigenvalue weighted by Crippen LogP contribution is 2.63. The van der Waals surface area contributed by atoms with E-state index < -0.39 is 34.3 Å². The molecular formula is C14H20N3O6PS. The van der Waals surface area contributed by atoms with Crippen LogP contribution in [0.4, 0.5) is 5.69 Å². The summed E-state index contributed by atoms with van der Waals surface area (Å²) < 4.78 is 45.6. The molecule has 0 amide bonds. The highest BCUT2D eigenvalue weighted by Gasteiger charge is 2.50. The van der Waals surface area contributed by atoms with Gasteiger partial charge in [0.2, 0.25) is 0 Å². The number of nitro benzene ring substituents is 1. The highest BCUT2D eigenvalue weighted by atomic mass is 32.2. The molecule has 2 heterocycles. The summed E-state index contributed by atoms with van der Waals surface area (Å²) >= 11 is 0. The fourth-order valence-corrected chi connectivity index (χ4v) is 5.75. The SMILES string of the molecule is CC(OP(=O)(N1CC1)N1CC1)c1ccc([N+](=O)[O-])c(CS(C)(=O)=O)c1. The van der Waals surface area contributed by atoms with Crippen LogP contribution >= 0.6 is 7.67 Å². The van der Waals surface area contributed by atoms with Gasteiger partial charge in [0.15, 0.2) is 9.84 Å². The van der Waals surface area contributed by atoms with Gasteiger partial charge in [-0.05, 0) is 24.6 Å². The second-order valence-corrected chi connectivity index (χ2v) is 10.8. The van der Waals surface area contributed by atoms with Gasteiger partial charge in [-0.25, -0.2) is 17.8 Å². The Kier molecular flexibility index (Phi) is 4.76. The summed E-state index contributed by atoms with van der Waals surface area (Å²) in [6, 6.07) is 4.25. The fraction of sp³-hybridized carbons (Fsp3) is 0.571. The van der Waals surface area contributed by atoms with Crippen molar-refractivity contribution in [3.05, 3.63) is 39.4 Å². The molecule has 0 radical (unpaired) electrons. The summed E-state index contributed by atoms with van der Waals surface area (Å²) in [5.41, 5.74) is 0.420. The molecule has 2 fully saturated rings. The Hall–Kier alpha value is -1.32. The third-order valence-electron chi connectivity index (χ3n) is 4.04. The van der Waals surface area contributed by atoms with Crippen LogP contribution in [0, 0.1) is 10.1 Å². The Morgan fingerprint density at radius 3 is 2.28 bits per heavy atom. The molecule has 0 saturated carbocycles. The second kappa shape index (κ2) is 6.44. The van der Waals surface area contributed by atoms with Crippen LogP contribution in [0.2, 0.25) is 0 Å². The standard InChI is InChI=1S/C14H20N3O6PS/c1-11(23-24(20,15-5-6-15)16-7-8-16)12-3-4-14(17(18)19)13(9-12)10-25(2,21)22/h3-4,9,11H,5-8,10H2,1-2H3. The molecule has 1 aromatic carbocycles. The molecule has 1 atom stereocenters. The maximum atomic E-state index is 13.0. The maximum Gasteiger partial charge on any atom is 0.346 e. The molecule has 0 bridgehead atoms. The lowest BCUT2D eigenvalue weighted by molar-refractivity contribution is -0.385. The van der Waals surface area contributed by atoms with Crippen molar-refractivity contribution in [2.24, 2.45) is 0 Å². The van der Waals surface area contributed by atoms with E-state index in [1.54, 1.807) is 16.3 Å². The van der Waals surface area contributed by atoms with Gasteiger partial charge >= 0.3 is 7.67 Å². The molecule has 1 aromatic rings.